The van der Waals surface area contributed by atoms with Crippen molar-refractivity contribution in [1.29, 1.82) is 0 Å². The topological polar surface area (TPSA) is 83.6 Å². The fourth-order valence-electron chi connectivity index (χ4n) is 1.46. The highest BCUT2D eigenvalue weighted by Gasteiger charge is 2.08. The zero-order chi connectivity index (χ0) is 12.1. The van der Waals surface area contributed by atoms with Gasteiger partial charge in [-0.15, -0.1) is 0 Å². The quantitative estimate of drug-likeness (QED) is 0.707. The molecule has 1 unspecified atom stereocenters. The third-order valence-corrected chi connectivity index (χ3v) is 2.17. The number of halogens is 1. The summed E-state index contributed by atoms with van der Waals surface area (Å²) in [6, 6.07) is 3.35. The van der Waals surface area contributed by atoms with Gasteiger partial charge in [0.05, 0.1) is 0 Å². The van der Waals surface area contributed by atoms with E-state index in [2.05, 4.69) is 0 Å². The first-order valence-corrected chi connectivity index (χ1v) is 4.93. The summed E-state index contributed by atoms with van der Waals surface area (Å²) in [5.41, 5.74) is 6.25. The van der Waals surface area contributed by atoms with Gasteiger partial charge < -0.3 is 15.9 Å². The maximum Gasteiger partial charge on any atom is 0.303 e. The second-order valence-corrected chi connectivity index (χ2v) is 3.71. The summed E-state index contributed by atoms with van der Waals surface area (Å²) in [6.45, 7) is 0. The SMILES string of the molecule is NC(CCC(=O)O)Cc1cc(O)cc(F)c1. The lowest BCUT2D eigenvalue weighted by Gasteiger charge is -2.10. The van der Waals surface area contributed by atoms with E-state index in [1.54, 1.807) is 0 Å². The molecule has 0 heterocycles. The van der Waals surface area contributed by atoms with E-state index in [1.165, 1.54) is 12.1 Å². The first kappa shape index (κ1) is 12.4. The molecule has 0 fully saturated rings. The Bertz CT molecular complexity index is 361. The van der Waals surface area contributed by atoms with Crippen LogP contribution < -0.4 is 5.73 Å². The number of hydrogen-bond acceptors (Lipinski definition) is 3. The molecular formula is C11H14FNO3. The van der Waals surface area contributed by atoms with Gasteiger partial charge in [-0.25, -0.2) is 4.39 Å². The number of benzene rings is 1. The van der Waals surface area contributed by atoms with Crippen LogP contribution in [0.4, 0.5) is 4.39 Å². The second-order valence-electron chi connectivity index (χ2n) is 3.71. The molecule has 0 saturated heterocycles. The Balaban J connectivity index is 2.55. The summed E-state index contributed by atoms with van der Waals surface area (Å²) >= 11 is 0. The summed E-state index contributed by atoms with van der Waals surface area (Å²) in [5.74, 6) is -1.58. The zero-order valence-electron chi connectivity index (χ0n) is 8.69. The standard InChI is InChI=1S/C11H14FNO3/c12-8-3-7(5-10(14)6-8)4-9(13)1-2-11(15)16/h3,5-6,9,14H,1-2,4,13H2,(H,15,16). The molecule has 1 aromatic carbocycles. The normalized spacial score (nSPS) is 12.4. The Morgan fingerprint density at radius 3 is 2.69 bits per heavy atom. The monoisotopic (exact) mass is 227 g/mol. The molecule has 1 atom stereocenters. The predicted molar refractivity (Wildman–Crippen MR) is 56.6 cm³/mol. The maximum atomic E-state index is 12.9. The Hall–Kier alpha value is -1.62. The third kappa shape index (κ3) is 4.27. The Morgan fingerprint density at radius 1 is 1.44 bits per heavy atom. The lowest BCUT2D eigenvalue weighted by molar-refractivity contribution is -0.137. The summed E-state index contributed by atoms with van der Waals surface area (Å²) in [6.07, 6.45) is 0.660. The van der Waals surface area contributed by atoms with E-state index < -0.39 is 11.8 Å². The van der Waals surface area contributed by atoms with Gasteiger partial charge in [-0.2, -0.15) is 0 Å². The van der Waals surface area contributed by atoms with Crippen LogP contribution in [-0.4, -0.2) is 22.2 Å². The smallest absolute Gasteiger partial charge is 0.303 e. The van der Waals surface area contributed by atoms with E-state index >= 15 is 0 Å². The molecule has 4 nitrogen and oxygen atoms in total. The molecule has 5 heteroatoms. The van der Waals surface area contributed by atoms with E-state index in [1.807, 2.05) is 0 Å². The van der Waals surface area contributed by atoms with Gasteiger partial charge in [0, 0.05) is 18.5 Å². The van der Waals surface area contributed by atoms with Crippen molar-refractivity contribution >= 4 is 5.97 Å². The van der Waals surface area contributed by atoms with Crippen molar-refractivity contribution in [3.05, 3.63) is 29.6 Å². The van der Waals surface area contributed by atoms with Crippen molar-refractivity contribution in [1.82, 2.24) is 0 Å². The molecular weight excluding hydrogens is 213 g/mol. The minimum absolute atomic E-state index is 0.0114. The van der Waals surface area contributed by atoms with E-state index in [0.717, 1.165) is 6.07 Å². The summed E-state index contributed by atoms with van der Waals surface area (Å²) in [4.78, 5) is 10.3. The highest BCUT2D eigenvalue weighted by Crippen LogP contribution is 2.16. The maximum absolute atomic E-state index is 12.9. The van der Waals surface area contributed by atoms with E-state index in [9.17, 15) is 9.18 Å². The van der Waals surface area contributed by atoms with Gasteiger partial charge in [0.2, 0.25) is 0 Å². The van der Waals surface area contributed by atoms with Crippen molar-refractivity contribution in [3.8, 4) is 5.75 Å². The molecule has 0 radical (unpaired) electrons. The molecule has 88 valence electrons. The van der Waals surface area contributed by atoms with Crippen molar-refractivity contribution in [3.63, 3.8) is 0 Å². The van der Waals surface area contributed by atoms with Gasteiger partial charge in [-0.05, 0) is 30.5 Å². The van der Waals surface area contributed by atoms with Crippen LogP contribution in [-0.2, 0) is 11.2 Å². The molecule has 1 rings (SSSR count). The molecule has 16 heavy (non-hydrogen) atoms. The van der Waals surface area contributed by atoms with Gasteiger partial charge in [0.15, 0.2) is 0 Å². The van der Waals surface area contributed by atoms with Crippen LogP contribution >= 0.6 is 0 Å². The first-order valence-electron chi connectivity index (χ1n) is 4.93. The number of hydrogen-bond donors (Lipinski definition) is 3. The molecule has 1 aromatic rings. The van der Waals surface area contributed by atoms with Crippen molar-refractivity contribution in [2.45, 2.75) is 25.3 Å². The van der Waals surface area contributed by atoms with Crippen LogP contribution in [0.3, 0.4) is 0 Å². The molecule has 4 N–H and O–H groups in total. The summed E-state index contributed by atoms with van der Waals surface area (Å²) < 4.78 is 12.9. The number of phenolic OH excluding ortho intramolecular Hbond substituents is 1. The van der Waals surface area contributed by atoms with E-state index in [4.69, 9.17) is 15.9 Å². The number of rotatable bonds is 5. The van der Waals surface area contributed by atoms with Crippen LogP contribution in [0.1, 0.15) is 18.4 Å². The molecule has 0 aromatic heterocycles. The highest BCUT2D eigenvalue weighted by molar-refractivity contribution is 5.66. The van der Waals surface area contributed by atoms with Crippen LogP contribution in [0.2, 0.25) is 0 Å². The van der Waals surface area contributed by atoms with Crippen LogP contribution in [0.5, 0.6) is 5.75 Å². The van der Waals surface area contributed by atoms with Crippen LogP contribution in [0.15, 0.2) is 18.2 Å². The third-order valence-electron chi connectivity index (χ3n) is 2.17. The number of aliphatic carboxylic acids is 1. The lowest BCUT2D eigenvalue weighted by atomic mass is 10.0. The Kier molecular flexibility index (Phi) is 4.25. The second kappa shape index (κ2) is 5.46. The first-order chi connectivity index (χ1) is 7.47. The zero-order valence-corrected chi connectivity index (χ0v) is 8.69. The van der Waals surface area contributed by atoms with Crippen molar-refractivity contribution < 1.29 is 19.4 Å². The number of carbonyl (C=O) groups is 1. The molecule has 0 amide bonds. The average Bonchev–Trinajstić information content (AvgIpc) is 2.12. The Morgan fingerprint density at radius 2 is 2.12 bits per heavy atom. The molecule has 0 bridgehead atoms. The number of nitrogens with two attached hydrogens (primary N) is 1. The summed E-state index contributed by atoms with van der Waals surface area (Å²) in [5, 5.41) is 17.6. The predicted octanol–water partition coefficient (Wildman–Crippen LogP) is 1.27. The average molecular weight is 227 g/mol. The van der Waals surface area contributed by atoms with Gasteiger partial charge in [-0.3, -0.25) is 4.79 Å². The number of carboxylic acids is 1. The van der Waals surface area contributed by atoms with E-state index in [0.29, 0.717) is 18.4 Å². The summed E-state index contributed by atoms with van der Waals surface area (Å²) in [7, 11) is 0. The minimum Gasteiger partial charge on any atom is -0.508 e. The number of carboxylic acid groups (broad SMARTS) is 1. The van der Waals surface area contributed by atoms with Crippen LogP contribution in [0, 0.1) is 5.82 Å². The molecule has 0 aliphatic heterocycles. The largest absolute Gasteiger partial charge is 0.508 e. The van der Waals surface area contributed by atoms with Gasteiger partial charge in [0.25, 0.3) is 0 Å². The Labute approximate surface area is 92.5 Å². The molecule has 0 aliphatic carbocycles. The van der Waals surface area contributed by atoms with E-state index in [-0.39, 0.29) is 18.2 Å². The van der Waals surface area contributed by atoms with Crippen molar-refractivity contribution in [2.24, 2.45) is 5.73 Å². The molecule has 0 aliphatic rings. The van der Waals surface area contributed by atoms with Crippen LogP contribution in [0.25, 0.3) is 0 Å². The highest BCUT2D eigenvalue weighted by atomic mass is 19.1. The van der Waals surface area contributed by atoms with Gasteiger partial charge in [0.1, 0.15) is 11.6 Å². The van der Waals surface area contributed by atoms with Gasteiger partial charge >= 0.3 is 5.97 Å². The van der Waals surface area contributed by atoms with Crippen molar-refractivity contribution in [2.75, 3.05) is 0 Å². The fourth-order valence-corrected chi connectivity index (χ4v) is 1.46. The molecule has 0 saturated carbocycles. The lowest BCUT2D eigenvalue weighted by Crippen LogP contribution is -2.23. The fraction of sp³-hybridized carbons (Fsp3) is 0.364. The number of aromatic hydroxyl groups is 1. The number of phenols is 1. The van der Waals surface area contributed by atoms with Gasteiger partial charge in [-0.1, -0.05) is 0 Å². The molecule has 0 spiro atoms. The minimum atomic E-state index is -0.905.